The molecule has 0 spiro atoms. The van der Waals surface area contributed by atoms with Crippen molar-refractivity contribution in [1.29, 1.82) is 0 Å². The van der Waals surface area contributed by atoms with Gasteiger partial charge in [-0.3, -0.25) is 0 Å². The Labute approximate surface area is 222 Å². The van der Waals surface area contributed by atoms with Crippen LogP contribution in [0.25, 0.3) is 16.8 Å². The van der Waals surface area contributed by atoms with Gasteiger partial charge in [-0.25, -0.2) is 18.9 Å². The van der Waals surface area contributed by atoms with Crippen LogP contribution in [0.2, 0.25) is 0 Å². The van der Waals surface area contributed by atoms with Gasteiger partial charge in [-0.2, -0.15) is 5.10 Å². The average molecular weight is 518 g/mol. The van der Waals surface area contributed by atoms with Crippen LogP contribution in [0.3, 0.4) is 0 Å². The minimum Gasteiger partial charge on any atom is -0.457 e. The van der Waals surface area contributed by atoms with Crippen LogP contribution in [0.1, 0.15) is 50.3 Å². The Morgan fingerprint density at radius 1 is 1.05 bits per heavy atom. The van der Waals surface area contributed by atoms with E-state index in [0.717, 1.165) is 50.5 Å². The third-order valence-corrected chi connectivity index (χ3v) is 7.54. The number of nitrogens with zero attached hydrogens (tertiary/aromatic N) is 5. The first-order valence-electron chi connectivity index (χ1n) is 13.4. The van der Waals surface area contributed by atoms with Crippen molar-refractivity contribution in [1.82, 2.24) is 24.5 Å². The van der Waals surface area contributed by atoms with E-state index in [2.05, 4.69) is 22.0 Å². The minimum atomic E-state index is -0.434. The van der Waals surface area contributed by atoms with Crippen LogP contribution in [0.4, 0.5) is 10.2 Å². The van der Waals surface area contributed by atoms with Gasteiger partial charge in [0.25, 0.3) is 0 Å². The molecule has 0 bridgehead atoms. The molecular formula is C29H36FN7O. The van der Waals surface area contributed by atoms with Gasteiger partial charge in [-0.15, -0.1) is 0 Å². The Bertz CT molecular complexity index is 1350. The summed E-state index contributed by atoms with van der Waals surface area (Å²) >= 11 is 0. The minimum absolute atomic E-state index is 0.241. The van der Waals surface area contributed by atoms with E-state index < -0.39 is 5.82 Å². The summed E-state index contributed by atoms with van der Waals surface area (Å²) in [4.78, 5) is 11.4. The molecule has 4 N–H and O–H groups in total. The predicted octanol–water partition coefficient (Wildman–Crippen LogP) is 5.25. The number of aromatic nitrogens is 4. The molecule has 0 amide bonds. The Balaban J connectivity index is 1.34. The van der Waals surface area contributed by atoms with Crippen LogP contribution < -0.4 is 16.2 Å². The molecular weight excluding hydrogens is 481 g/mol. The Morgan fingerprint density at radius 3 is 2.58 bits per heavy atom. The van der Waals surface area contributed by atoms with Crippen molar-refractivity contribution >= 4 is 11.3 Å². The molecule has 38 heavy (non-hydrogen) atoms. The van der Waals surface area contributed by atoms with Crippen molar-refractivity contribution in [2.45, 2.75) is 44.4 Å². The summed E-state index contributed by atoms with van der Waals surface area (Å²) in [6.45, 7) is 2.73. The van der Waals surface area contributed by atoms with E-state index in [1.807, 2.05) is 30.3 Å². The molecule has 0 radical (unpaired) electrons. The van der Waals surface area contributed by atoms with E-state index in [1.54, 1.807) is 16.6 Å². The number of hydrogen-bond donors (Lipinski definition) is 2. The second-order valence-electron chi connectivity index (χ2n) is 10.2. The zero-order chi connectivity index (χ0) is 26.5. The zero-order valence-electron chi connectivity index (χ0n) is 21.9. The summed E-state index contributed by atoms with van der Waals surface area (Å²) in [5.41, 5.74) is 13.3. The van der Waals surface area contributed by atoms with Gasteiger partial charge in [0.2, 0.25) is 0 Å². The number of ether oxygens (including phenoxy) is 1. The lowest BCUT2D eigenvalue weighted by molar-refractivity contribution is 0.272. The molecule has 0 unspecified atom stereocenters. The number of para-hydroxylation sites is 1. The maximum Gasteiger partial charge on any atom is 0.153 e. The highest BCUT2D eigenvalue weighted by molar-refractivity contribution is 5.85. The first kappa shape index (κ1) is 26.1. The Hall–Kier alpha value is -3.56. The zero-order valence-corrected chi connectivity index (χ0v) is 21.9. The molecule has 9 heteroatoms. The maximum atomic E-state index is 15.4. The Kier molecular flexibility index (Phi) is 8.14. The fourth-order valence-corrected chi connectivity index (χ4v) is 5.50. The van der Waals surface area contributed by atoms with Crippen molar-refractivity contribution < 1.29 is 9.13 Å². The maximum absolute atomic E-state index is 15.4. The number of imidazole rings is 1. The molecule has 0 saturated heterocycles. The first-order chi connectivity index (χ1) is 18.5. The van der Waals surface area contributed by atoms with E-state index in [0.29, 0.717) is 34.8 Å². The normalized spacial score (nSPS) is 17.8. The number of halogens is 1. The van der Waals surface area contributed by atoms with Gasteiger partial charge in [-0.1, -0.05) is 18.2 Å². The highest BCUT2D eigenvalue weighted by atomic mass is 19.1. The Morgan fingerprint density at radius 2 is 1.84 bits per heavy atom. The molecule has 8 nitrogen and oxygen atoms in total. The highest BCUT2D eigenvalue weighted by Crippen LogP contribution is 2.40. The summed E-state index contributed by atoms with van der Waals surface area (Å²) < 4.78 is 23.0. The van der Waals surface area contributed by atoms with E-state index in [1.165, 1.54) is 25.2 Å². The molecule has 4 aromatic rings. The van der Waals surface area contributed by atoms with Crippen LogP contribution in [-0.2, 0) is 0 Å². The van der Waals surface area contributed by atoms with Gasteiger partial charge in [0.15, 0.2) is 5.82 Å². The third kappa shape index (κ3) is 5.79. The highest BCUT2D eigenvalue weighted by Gasteiger charge is 2.29. The number of benzene rings is 2. The fourth-order valence-electron chi connectivity index (χ4n) is 5.50. The van der Waals surface area contributed by atoms with Gasteiger partial charge in [0.05, 0.1) is 0 Å². The third-order valence-electron chi connectivity index (χ3n) is 7.54. The summed E-state index contributed by atoms with van der Waals surface area (Å²) in [6.07, 6.45) is 8.21. The molecule has 2 aromatic heterocycles. The van der Waals surface area contributed by atoms with Crippen molar-refractivity contribution in [2.24, 2.45) is 11.7 Å². The number of fused-ring (bicyclic) bond motifs is 1. The number of hydrogen-bond acceptors (Lipinski definition) is 7. The van der Waals surface area contributed by atoms with Crippen LogP contribution in [0, 0.1) is 11.7 Å². The lowest BCUT2D eigenvalue weighted by atomic mass is 9.79. The van der Waals surface area contributed by atoms with Crippen molar-refractivity contribution in [3.8, 4) is 22.8 Å². The topological polar surface area (TPSA) is 108 Å². The van der Waals surface area contributed by atoms with E-state index in [9.17, 15) is 0 Å². The lowest BCUT2D eigenvalue weighted by Gasteiger charge is -2.28. The van der Waals surface area contributed by atoms with Crippen LogP contribution >= 0.6 is 0 Å². The van der Waals surface area contributed by atoms with Crippen molar-refractivity contribution in [3.63, 3.8) is 0 Å². The van der Waals surface area contributed by atoms with Crippen molar-refractivity contribution in [2.75, 3.05) is 32.4 Å². The number of nitrogens with two attached hydrogens (primary N) is 2. The molecule has 1 aliphatic rings. The number of nitrogen functional groups attached to an aromatic ring is 1. The van der Waals surface area contributed by atoms with Gasteiger partial charge < -0.3 is 21.1 Å². The smallest absolute Gasteiger partial charge is 0.153 e. The van der Waals surface area contributed by atoms with E-state index in [-0.39, 0.29) is 11.7 Å². The quantitative estimate of drug-likeness (QED) is 0.296. The standard InChI is InChI=1S/C29H36FN7O/c1-36(17-15-31)16-5-6-20-9-11-21(12-10-20)29-35-26(27-28(32)33-19-34-37(27)29)24-14-13-23(18-25(24)30)38-22-7-3-2-4-8-22/h2-4,7-8,13-14,18-21H,5-6,9-12,15-17,31H2,1H3,(H2,32,33,34)/t20-,21-. The molecule has 1 fully saturated rings. The van der Waals surface area contributed by atoms with Gasteiger partial charge in [0, 0.05) is 30.6 Å². The summed E-state index contributed by atoms with van der Waals surface area (Å²) in [5.74, 6) is 2.70. The molecule has 2 heterocycles. The predicted molar refractivity (Wildman–Crippen MR) is 148 cm³/mol. The second-order valence-corrected chi connectivity index (χ2v) is 10.2. The fraction of sp³-hybridized carbons (Fsp3) is 0.414. The summed E-state index contributed by atoms with van der Waals surface area (Å²) in [5, 5.41) is 4.47. The van der Waals surface area contributed by atoms with Crippen LogP contribution in [0.15, 0.2) is 54.9 Å². The number of likely N-dealkylation sites (N-methyl/N-ethyl adjacent to an activating group) is 1. The van der Waals surface area contributed by atoms with Gasteiger partial charge >= 0.3 is 0 Å². The van der Waals surface area contributed by atoms with E-state index >= 15 is 4.39 Å². The van der Waals surface area contributed by atoms with Crippen LogP contribution in [-0.4, -0.2) is 51.2 Å². The van der Waals surface area contributed by atoms with Gasteiger partial charge in [-0.05, 0) is 82.3 Å². The summed E-state index contributed by atoms with van der Waals surface area (Å²) in [7, 11) is 2.13. The molecule has 2 aromatic carbocycles. The second kappa shape index (κ2) is 11.9. The van der Waals surface area contributed by atoms with E-state index in [4.69, 9.17) is 21.2 Å². The van der Waals surface area contributed by atoms with Gasteiger partial charge in [0.1, 0.15) is 40.7 Å². The molecule has 1 aliphatic carbocycles. The molecule has 200 valence electrons. The first-order valence-corrected chi connectivity index (χ1v) is 13.4. The molecule has 0 atom stereocenters. The SMILES string of the molecule is CN(CCN)CCC[C@H]1CC[C@H](c2nc(-c3ccc(Oc4ccccc4)cc3F)c3c(N)ncnn32)CC1. The molecule has 1 saturated carbocycles. The average Bonchev–Trinajstić information content (AvgIpc) is 3.31. The number of anilines is 1. The van der Waals surface area contributed by atoms with Crippen molar-refractivity contribution in [3.05, 3.63) is 66.5 Å². The molecule has 0 aliphatic heterocycles. The monoisotopic (exact) mass is 517 g/mol. The largest absolute Gasteiger partial charge is 0.457 e. The molecule has 5 rings (SSSR count). The number of rotatable bonds is 10. The van der Waals surface area contributed by atoms with Crippen LogP contribution in [0.5, 0.6) is 11.5 Å². The summed E-state index contributed by atoms with van der Waals surface area (Å²) in [6, 6.07) is 14.1. The lowest BCUT2D eigenvalue weighted by Crippen LogP contribution is -2.27.